The van der Waals surface area contributed by atoms with Crippen LogP contribution in [0.3, 0.4) is 0 Å². The predicted octanol–water partition coefficient (Wildman–Crippen LogP) is 5.51. The highest BCUT2D eigenvalue weighted by Gasteiger charge is 2.09. The molecule has 0 atom stereocenters. The van der Waals surface area contributed by atoms with Crippen molar-refractivity contribution in [1.82, 2.24) is 0 Å². The van der Waals surface area contributed by atoms with Crippen molar-refractivity contribution in [1.29, 1.82) is 0 Å². The largest absolute Gasteiger partial charge is 0.0988 e. The molecule has 88 valence electrons. The molecule has 0 fully saturated rings. The van der Waals surface area contributed by atoms with Crippen molar-refractivity contribution in [3.8, 4) is 0 Å². The fourth-order valence-electron chi connectivity index (χ4n) is 1.79. The van der Waals surface area contributed by atoms with E-state index in [0.29, 0.717) is 5.41 Å². The first-order valence-electron chi connectivity index (χ1n) is 6.21. The third kappa shape index (κ3) is 7.41. The molecule has 15 heavy (non-hydrogen) atoms. The Morgan fingerprint density at radius 3 is 2.20 bits per heavy atom. The van der Waals surface area contributed by atoms with Crippen LogP contribution < -0.4 is 0 Å². The van der Waals surface area contributed by atoms with Gasteiger partial charge in [-0.1, -0.05) is 57.9 Å². The monoisotopic (exact) mass is 208 g/mol. The van der Waals surface area contributed by atoms with Crippen LogP contribution in [0, 0.1) is 5.41 Å². The second-order valence-electron chi connectivity index (χ2n) is 5.61. The topological polar surface area (TPSA) is 0 Å². The maximum atomic E-state index is 3.84. The van der Waals surface area contributed by atoms with Crippen molar-refractivity contribution >= 4 is 0 Å². The lowest BCUT2D eigenvalue weighted by atomic mass is 9.88. The van der Waals surface area contributed by atoms with E-state index in [0.717, 1.165) is 0 Å². The Labute approximate surface area is 96.5 Å². The summed E-state index contributed by atoms with van der Waals surface area (Å²) < 4.78 is 0. The molecule has 0 aliphatic heterocycles. The summed E-state index contributed by atoms with van der Waals surface area (Å²) in [6.45, 7) is 15.2. The smallest absolute Gasteiger partial charge is 0.0315 e. The van der Waals surface area contributed by atoms with Crippen LogP contribution in [0.4, 0.5) is 0 Å². The summed E-state index contributed by atoms with van der Waals surface area (Å²) in [6, 6.07) is 0. The Morgan fingerprint density at radius 2 is 1.80 bits per heavy atom. The van der Waals surface area contributed by atoms with Crippen LogP contribution in [0.5, 0.6) is 0 Å². The number of allylic oxidation sites excluding steroid dienone is 3. The number of hydrogen-bond donors (Lipinski definition) is 0. The lowest BCUT2D eigenvalue weighted by Crippen LogP contribution is -2.04. The Balaban J connectivity index is 3.89. The van der Waals surface area contributed by atoms with Gasteiger partial charge in [0.15, 0.2) is 0 Å². The molecular weight excluding hydrogens is 180 g/mol. The molecule has 0 saturated carbocycles. The normalized spacial score (nSPS) is 13.7. The van der Waals surface area contributed by atoms with E-state index in [1.165, 1.54) is 37.7 Å². The zero-order chi connectivity index (χ0) is 11.9. The third-order valence-corrected chi connectivity index (χ3v) is 2.95. The Hall–Kier alpha value is -0.520. The van der Waals surface area contributed by atoms with Crippen LogP contribution in [-0.2, 0) is 0 Å². The molecule has 0 heteroatoms. The Morgan fingerprint density at radius 1 is 1.20 bits per heavy atom. The van der Waals surface area contributed by atoms with E-state index in [4.69, 9.17) is 0 Å². The van der Waals surface area contributed by atoms with Crippen LogP contribution in [0.1, 0.15) is 66.7 Å². The van der Waals surface area contributed by atoms with Crippen LogP contribution in [0.15, 0.2) is 23.8 Å². The molecule has 0 N–H and O–H groups in total. The highest BCUT2D eigenvalue weighted by atomic mass is 14.1. The first-order valence-corrected chi connectivity index (χ1v) is 6.21. The van der Waals surface area contributed by atoms with Gasteiger partial charge in [-0.2, -0.15) is 0 Å². The summed E-state index contributed by atoms with van der Waals surface area (Å²) >= 11 is 0. The SMILES string of the molecule is C=CC(C)=C(CC)CCCCC(C)(C)C. The maximum absolute atomic E-state index is 3.84. The van der Waals surface area contributed by atoms with Gasteiger partial charge in [-0.05, 0) is 38.0 Å². The molecule has 0 amide bonds. The molecular formula is C15H28. The van der Waals surface area contributed by atoms with Gasteiger partial charge >= 0.3 is 0 Å². The van der Waals surface area contributed by atoms with Crippen molar-refractivity contribution in [3.63, 3.8) is 0 Å². The molecule has 0 aliphatic carbocycles. The van der Waals surface area contributed by atoms with Crippen molar-refractivity contribution in [2.45, 2.75) is 66.7 Å². The molecule has 0 aromatic carbocycles. The van der Waals surface area contributed by atoms with E-state index in [-0.39, 0.29) is 0 Å². The first-order chi connectivity index (χ1) is 6.90. The van der Waals surface area contributed by atoms with Gasteiger partial charge in [0.05, 0.1) is 0 Å². The molecule has 0 radical (unpaired) electrons. The lowest BCUT2D eigenvalue weighted by molar-refractivity contribution is 0.360. The van der Waals surface area contributed by atoms with Gasteiger partial charge in [0.1, 0.15) is 0 Å². The number of unbranched alkanes of at least 4 members (excludes halogenated alkanes) is 1. The second-order valence-corrected chi connectivity index (χ2v) is 5.61. The van der Waals surface area contributed by atoms with Gasteiger partial charge in [0, 0.05) is 0 Å². The number of hydrogen-bond acceptors (Lipinski definition) is 0. The van der Waals surface area contributed by atoms with Crippen molar-refractivity contribution in [2.24, 2.45) is 5.41 Å². The van der Waals surface area contributed by atoms with E-state index >= 15 is 0 Å². The molecule has 0 unspecified atom stereocenters. The summed E-state index contributed by atoms with van der Waals surface area (Å²) in [5, 5.41) is 0. The van der Waals surface area contributed by atoms with Gasteiger partial charge in [-0.3, -0.25) is 0 Å². The maximum Gasteiger partial charge on any atom is -0.0315 e. The van der Waals surface area contributed by atoms with Crippen LogP contribution in [0.2, 0.25) is 0 Å². The van der Waals surface area contributed by atoms with E-state index in [2.05, 4.69) is 41.2 Å². The summed E-state index contributed by atoms with van der Waals surface area (Å²) in [5.74, 6) is 0. The average Bonchev–Trinajstić information content (AvgIpc) is 2.15. The molecule has 0 rings (SSSR count). The van der Waals surface area contributed by atoms with Crippen LogP contribution in [-0.4, -0.2) is 0 Å². The quantitative estimate of drug-likeness (QED) is 0.399. The molecule has 0 bridgehead atoms. The fourth-order valence-corrected chi connectivity index (χ4v) is 1.79. The highest BCUT2D eigenvalue weighted by molar-refractivity contribution is 5.21. The lowest BCUT2D eigenvalue weighted by Gasteiger charge is -2.17. The minimum atomic E-state index is 0.490. The summed E-state index contributed by atoms with van der Waals surface area (Å²) in [5.41, 5.74) is 3.45. The summed E-state index contributed by atoms with van der Waals surface area (Å²) in [4.78, 5) is 0. The van der Waals surface area contributed by atoms with Gasteiger partial charge < -0.3 is 0 Å². The molecule has 0 spiro atoms. The second kappa shape index (κ2) is 6.87. The molecule has 0 aliphatic rings. The van der Waals surface area contributed by atoms with Gasteiger partial charge in [-0.15, -0.1) is 0 Å². The number of rotatable bonds is 6. The van der Waals surface area contributed by atoms with E-state index in [9.17, 15) is 0 Å². The van der Waals surface area contributed by atoms with E-state index in [1.54, 1.807) is 5.57 Å². The molecule has 0 aromatic rings. The zero-order valence-corrected chi connectivity index (χ0v) is 11.3. The van der Waals surface area contributed by atoms with E-state index in [1.807, 2.05) is 6.08 Å². The van der Waals surface area contributed by atoms with Crippen molar-refractivity contribution in [3.05, 3.63) is 23.8 Å². The highest BCUT2D eigenvalue weighted by Crippen LogP contribution is 2.24. The third-order valence-electron chi connectivity index (χ3n) is 2.95. The van der Waals surface area contributed by atoms with Crippen molar-refractivity contribution < 1.29 is 0 Å². The summed E-state index contributed by atoms with van der Waals surface area (Å²) in [7, 11) is 0. The van der Waals surface area contributed by atoms with Gasteiger partial charge in [0.25, 0.3) is 0 Å². The molecule has 0 heterocycles. The summed E-state index contributed by atoms with van der Waals surface area (Å²) in [6.07, 6.45) is 8.42. The van der Waals surface area contributed by atoms with Crippen LogP contribution in [0.25, 0.3) is 0 Å². The predicted molar refractivity (Wildman–Crippen MR) is 71.1 cm³/mol. The fraction of sp³-hybridized carbons (Fsp3) is 0.733. The molecule has 0 nitrogen and oxygen atoms in total. The van der Waals surface area contributed by atoms with Gasteiger partial charge in [0.2, 0.25) is 0 Å². The average molecular weight is 208 g/mol. The van der Waals surface area contributed by atoms with Crippen LogP contribution >= 0.6 is 0 Å². The van der Waals surface area contributed by atoms with Crippen molar-refractivity contribution in [2.75, 3.05) is 0 Å². The standard InChI is InChI=1S/C15H28/c1-7-13(3)14(8-2)11-9-10-12-15(4,5)6/h7H,1,8-12H2,2-6H3. The first kappa shape index (κ1) is 14.5. The molecule has 0 aromatic heterocycles. The Bertz CT molecular complexity index is 213. The minimum absolute atomic E-state index is 0.490. The minimum Gasteiger partial charge on any atom is -0.0988 e. The molecule has 0 saturated heterocycles. The zero-order valence-electron chi connectivity index (χ0n) is 11.3. The van der Waals surface area contributed by atoms with Gasteiger partial charge in [-0.25, -0.2) is 0 Å². The van der Waals surface area contributed by atoms with E-state index < -0.39 is 0 Å². The Kier molecular flexibility index (Phi) is 6.63.